The molecular weight excluding hydrogens is 430 g/mol. The van der Waals surface area contributed by atoms with Gasteiger partial charge in [0.15, 0.2) is 17.3 Å². The molecule has 7 heteroatoms. The van der Waals surface area contributed by atoms with Crippen LogP contribution in [-0.4, -0.2) is 20.1 Å². The summed E-state index contributed by atoms with van der Waals surface area (Å²) in [5, 5.41) is 6.08. The van der Waals surface area contributed by atoms with Gasteiger partial charge in [0.25, 0.3) is 5.91 Å². The Morgan fingerprint density at radius 1 is 1.10 bits per heavy atom. The molecule has 1 amide bonds. The minimum atomic E-state index is -0.238. The van der Waals surface area contributed by atoms with Crippen LogP contribution >= 0.6 is 23.1 Å². The van der Waals surface area contributed by atoms with E-state index in [9.17, 15) is 4.79 Å². The van der Waals surface area contributed by atoms with E-state index >= 15 is 0 Å². The van der Waals surface area contributed by atoms with Crippen LogP contribution in [0.3, 0.4) is 0 Å². The lowest BCUT2D eigenvalue weighted by molar-refractivity contribution is 0.0913. The fourth-order valence-corrected chi connectivity index (χ4v) is 5.19. The molecule has 0 fully saturated rings. The van der Waals surface area contributed by atoms with Gasteiger partial charge in [0, 0.05) is 16.7 Å². The van der Waals surface area contributed by atoms with Gasteiger partial charge in [-0.1, -0.05) is 30.3 Å². The number of para-hydroxylation sites is 1. The van der Waals surface area contributed by atoms with Crippen molar-refractivity contribution in [2.24, 2.45) is 0 Å². The van der Waals surface area contributed by atoms with Gasteiger partial charge in [-0.2, -0.15) is 0 Å². The quantitative estimate of drug-likeness (QED) is 0.318. The van der Waals surface area contributed by atoms with E-state index in [2.05, 4.69) is 11.4 Å². The summed E-state index contributed by atoms with van der Waals surface area (Å²) in [7, 11) is 3.19. The van der Waals surface area contributed by atoms with Crippen LogP contribution < -0.4 is 14.8 Å². The molecule has 0 radical (unpaired) electrons. The lowest BCUT2D eigenvalue weighted by Gasteiger charge is -2.16. The molecule has 0 spiro atoms. The van der Waals surface area contributed by atoms with Crippen molar-refractivity contribution in [2.45, 2.75) is 22.9 Å². The van der Waals surface area contributed by atoms with Crippen molar-refractivity contribution in [3.63, 3.8) is 0 Å². The summed E-state index contributed by atoms with van der Waals surface area (Å²) in [5.74, 6) is 2.05. The number of carbonyl (C=O) groups is 1. The van der Waals surface area contributed by atoms with Gasteiger partial charge in [-0.3, -0.25) is 4.79 Å². The molecular formula is C24H23NO4S2. The summed E-state index contributed by atoms with van der Waals surface area (Å²) in [6.07, 6.45) is 0. The van der Waals surface area contributed by atoms with Crippen LogP contribution in [0.25, 0.3) is 11.0 Å². The molecule has 5 nitrogen and oxygen atoms in total. The van der Waals surface area contributed by atoms with Gasteiger partial charge in [-0.25, -0.2) is 0 Å². The number of ether oxygens (including phenoxy) is 2. The third-order valence-corrected chi connectivity index (χ3v) is 7.17. The predicted octanol–water partition coefficient (Wildman–Crippen LogP) is 6.29. The fraction of sp³-hybridized carbons (Fsp3) is 0.208. The molecule has 2 heterocycles. The Balaban J connectivity index is 1.59. The summed E-state index contributed by atoms with van der Waals surface area (Å²) in [6, 6.07) is 17.3. The molecule has 1 atom stereocenters. The van der Waals surface area contributed by atoms with Crippen molar-refractivity contribution in [1.29, 1.82) is 0 Å². The molecule has 0 aliphatic rings. The molecule has 2 aromatic carbocycles. The molecule has 0 bridgehead atoms. The van der Waals surface area contributed by atoms with E-state index in [1.54, 1.807) is 37.3 Å². The van der Waals surface area contributed by atoms with Crippen LogP contribution in [0, 0.1) is 0 Å². The van der Waals surface area contributed by atoms with Crippen LogP contribution in [0.1, 0.15) is 34.6 Å². The zero-order valence-electron chi connectivity index (χ0n) is 17.5. The van der Waals surface area contributed by atoms with Crippen LogP contribution in [0.4, 0.5) is 0 Å². The number of hydrogen-bond donors (Lipinski definition) is 1. The number of hydrogen-bond acceptors (Lipinski definition) is 6. The van der Waals surface area contributed by atoms with Crippen molar-refractivity contribution in [2.75, 3.05) is 14.2 Å². The van der Waals surface area contributed by atoms with Gasteiger partial charge in [0.1, 0.15) is 5.58 Å². The highest BCUT2D eigenvalue weighted by Crippen LogP contribution is 2.34. The number of fused-ring (bicyclic) bond motifs is 1. The molecule has 2 aromatic heterocycles. The number of methoxy groups -OCH3 is 2. The topological polar surface area (TPSA) is 60.7 Å². The monoisotopic (exact) mass is 453 g/mol. The third kappa shape index (κ3) is 4.57. The maximum absolute atomic E-state index is 13.2. The van der Waals surface area contributed by atoms with Crippen LogP contribution in [-0.2, 0) is 5.75 Å². The zero-order chi connectivity index (χ0) is 21.8. The second-order valence-corrected chi connectivity index (χ2v) is 9.16. The molecule has 0 aliphatic carbocycles. The normalized spacial score (nSPS) is 12.0. The third-order valence-electron chi connectivity index (χ3n) is 5.01. The molecule has 0 aliphatic heterocycles. The SMILES string of the molecule is COc1ccc(C(C)NC(=O)c2oc3ccccc3c2CSc2cccs2)cc1OC. The molecule has 160 valence electrons. The van der Waals surface area contributed by atoms with Gasteiger partial charge >= 0.3 is 0 Å². The second kappa shape index (κ2) is 9.49. The molecule has 1 unspecified atom stereocenters. The maximum Gasteiger partial charge on any atom is 0.287 e. The number of furan rings is 1. The van der Waals surface area contributed by atoms with E-state index in [-0.39, 0.29) is 11.9 Å². The zero-order valence-corrected chi connectivity index (χ0v) is 19.1. The fourth-order valence-electron chi connectivity index (χ4n) is 3.38. The first-order valence-corrected chi connectivity index (χ1v) is 11.7. The Labute approximate surface area is 189 Å². The Morgan fingerprint density at radius 2 is 1.90 bits per heavy atom. The predicted molar refractivity (Wildman–Crippen MR) is 126 cm³/mol. The van der Waals surface area contributed by atoms with Gasteiger partial charge in [-0.15, -0.1) is 23.1 Å². The first-order valence-electron chi connectivity index (χ1n) is 9.80. The number of thiophene rings is 1. The van der Waals surface area contributed by atoms with E-state index in [1.165, 1.54) is 4.21 Å². The molecule has 1 N–H and O–H groups in total. The van der Waals surface area contributed by atoms with Crippen molar-refractivity contribution in [1.82, 2.24) is 5.32 Å². The highest BCUT2D eigenvalue weighted by atomic mass is 32.2. The number of rotatable bonds is 8. The number of nitrogens with one attached hydrogen (secondary N) is 1. The van der Waals surface area contributed by atoms with Crippen LogP contribution in [0.5, 0.6) is 11.5 Å². The van der Waals surface area contributed by atoms with E-state index < -0.39 is 0 Å². The average molecular weight is 454 g/mol. The van der Waals surface area contributed by atoms with E-state index in [0.29, 0.717) is 28.6 Å². The van der Waals surface area contributed by atoms with Crippen molar-refractivity contribution < 1.29 is 18.7 Å². The minimum absolute atomic E-state index is 0.236. The highest BCUT2D eigenvalue weighted by molar-refractivity contribution is 8.00. The lowest BCUT2D eigenvalue weighted by Crippen LogP contribution is -2.27. The number of benzene rings is 2. The van der Waals surface area contributed by atoms with E-state index in [0.717, 1.165) is 16.5 Å². The Morgan fingerprint density at radius 3 is 2.65 bits per heavy atom. The summed E-state index contributed by atoms with van der Waals surface area (Å²) in [5.41, 5.74) is 2.54. The Bertz CT molecular complexity index is 1180. The summed E-state index contributed by atoms with van der Waals surface area (Å²) in [4.78, 5) is 13.2. The average Bonchev–Trinajstić information content (AvgIpc) is 3.44. The van der Waals surface area contributed by atoms with Crippen molar-refractivity contribution in [3.05, 3.63) is 76.9 Å². The first-order chi connectivity index (χ1) is 15.1. The summed E-state index contributed by atoms with van der Waals surface area (Å²) >= 11 is 3.39. The standard InChI is InChI=1S/C24H23NO4S2/c1-15(16-10-11-20(27-2)21(13-16)28-3)25-24(26)23-18(14-31-22-9-6-12-30-22)17-7-4-5-8-19(17)29-23/h4-13,15H,14H2,1-3H3,(H,25,26). The van der Waals surface area contributed by atoms with E-state index in [4.69, 9.17) is 13.9 Å². The van der Waals surface area contributed by atoms with Gasteiger partial charge < -0.3 is 19.2 Å². The largest absolute Gasteiger partial charge is 0.493 e. The second-order valence-electron chi connectivity index (χ2n) is 6.94. The first kappa shape index (κ1) is 21.3. The van der Waals surface area contributed by atoms with E-state index in [1.807, 2.05) is 60.8 Å². The summed E-state index contributed by atoms with van der Waals surface area (Å²) < 4.78 is 17.9. The Kier molecular flexibility index (Phi) is 6.53. The molecule has 31 heavy (non-hydrogen) atoms. The maximum atomic E-state index is 13.2. The smallest absolute Gasteiger partial charge is 0.287 e. The van der Waals surface area contributed by atoms with Crippen molar-refractivity contribution >= 4 is 40.0 Å². The van der Waals surface area contributed by atoms with Crippen molar-refractivity contribution in [3.8, 4) is 11.5 Å². The summed E-state index contributed by atoms with van der Waals surface area (Å²) in [6.45, 7) is 1.93. The van der Waals surface area contributed by atoms with Crippen LogP contribution in [0.2, 0.25) is 0 Å². The molecule has 0 saturated carbocycles. The van der Waals surface area contributed by atoms with Gasteiger partial charge in [-0.05, 0) is 42.1 Å². The molecule has 4 rings (SSSR count). The van der Waals surface area contributed by atoms with Crippen LogP contribution in [0.15, 0.2) is 68.6 Å². The molecule has 0 saturated heterocycles. The minimum Gasteiger partial charge on any atom is -0.493 e. The highest BCUT2D eigenvalue weighted by Gasteiger charge is 2.23. The Hall–Kier alpha value is -2.90. The molecule has 4 aromatic rings. The van der Waals surface area contributed by atoms with Gasteiger partial charge in [0.05, 0.1) is 24.5 Å². The van der Waals surface area contributed by atoms with Gasteiger partial charge in [0.2, 0.25) is 0 Å². The number of thioether (sulfide) groups is 1. The number of carbonyl (C=O) groups excluding carboxylic acids is 1. The number of amides is 1. The lowest BCUT2D eigenvalue weighted by atomic mass is 10.1.